The molecule has 108 valence electrons. The van der Waals surface area contributed by atoms with Crippen LogP contribution in [0.5, 0.6) is 0 Å². The third kappa shape index (κ3) is 3.49. The van der Waals surface area contributed by atoms with E-state index in [-0.39, 0.29) is 12.3 Å². The Kier molecular flexibility index (Phi) is 4.98. The Morgan fingerprint density at radius 2 is 2.20 bits per heavy atom. The summed E-state index contributed by atoms with van der Waals surface area (Å²) in [4.78, 5) is 24.7. The Bertz CT molecular complexity index is 507. The van der Waals surface area contributed by atoms with E-state index in [4.69, 9.17) is 16.7 Å². The SMILES string of the molecule is O=C(O)CCCN1CCNC(=O)C1c1ccccc1Cl. The highest BCUT2D eigenvalue weighted by atomic mass is 35.5. The fourth-order valence-corrected chi connectivity index (χ4v) is 2.66. The van der Waals surface area contributed by atoms with Crippen LogP contribution in [-0.2, 0) is 9.59 Å². The van der Waals surface area contributed by atoms with Gasteiger partial charge in [-0.15, -0.1) is 0 Å². The zero-order chi connectivity index (χ0) is 14.5. The summed E-state index contributed by atoms with van der Waals surface area (Å²) in [5.41, 5.74) is 0.765. The highest BCUT2D eigenvalue weighted by Gasteiger charge is 2.31. The molecule has 0 radical (unpaired) electrons. The summed E-state index contributed by atoms with van der Waals surface area (Å²) >= 11 is 6.17. The average molecular weight is 297 g/mol. The number of amides is 1. The van der Waals surface area contributed by atoms with Crippen LogP contribution < -0.4 is 5.32 Å². The molecule has 5 nitrogen and oxygen atoms in total. The van der Waals surface area contributed by atoms with Gasteiger partial charge in [0.25, 0.3) is 0 Å². The molecule has 1 aromatic rings. The van der Waals surface area contributed by atoms with E-state index in [1.807, 2.05) is 23.1 Å². The summed E-state index contributed by atoms with van der Waals surface area (Å²) < 4.78 is 0. The second kappa shape index (κ2) is 6.72. The van der Waals surface area contributed by atoms with E-state index in [0.29, 0.717) is 31.1 Å². The number of nitrogens with zero attached hydrogens (tertiary/aromatic N) is 1. The predicted molar refractivity (Wildman–Crippen MR) is 75.6 cm³/mol. The molecular formula is C14H17ClN2O3. The Hall–Kier alpha value is -1.59. The van der Waals surface area contributed by atoms with Crippen LogP contribution in [0.3, 0.4) is 0 Å². The standard InChI is InChI=1S/C14H17ClN2O3/c15-11-5-2-1-4-10(11)13-14(20)16-7-9-17(13)8-3-6-12(18)19/h1-2,4-5,13H,3,6-9H2,(H,16,20)(H,18,19). The molecule has 1 heterocycles. The van der Waals surface area contributed by atoms with E-state index in [0.717, 1.165) is 5.56 Å². The van der Waals surface area contributed by atoms with Crippen LogP contribution in [0.25, 0.3) is 0 Å². The summed E-state index contributed by atoms with van der Waals surface area (Å²) in [7, 11) is 0. The molecule has 1 unspecified atom stereocenters. The Balaban J connectivity index is 2.14. The number of carbonyl (C=O) groups excluding carboxylic acids is 1. The highest BCUT2D eigenvalue weighted by molar-refractivity contribution is 6.31. The first-order chi connectivity index (χ1) is 9.59. The van der Waals surface area contributed by atoms with Gasteiger partial charge in [-0.1, -0.05) is 29.8 Å². The van der Waals surface area contributed by atoms with Crippen LogP contribution in [0, 0.1) is 0 Å². The molecule has 0 spiro atoms. The van der Waals surface area contributed by atoms with E-state index in [9.17, 15) is 9.59 Å². The number of benzene rings is 1. The van der Waals surface area contributed by atoms with Gasteiger partial charge in [-0.2, -0.15) is 0 Å². The van der Waals surface area contributed by atoms with Crippen LogP contribution >= 0.6 is 11.6 Å². The first kappa shape index (κ1) is 14.8. The third-order valence-corrected chi connectivity index (χ3v) is 3.69. The molecule has 0 saturated carbocycles. The van der Waals surface area contributed by atoms with Gasteiger partial charge in [0, 0.05) is 24.5 Å². The van der Waals surface area contributed by atoms with Gasteiger partial charge in [0.05, 0.1) is 0 Å². The molecule has 1 aromatic carbocycles. The maximum atomic E-state index is 12.1. The van der Waals surface area contributed by atoms with E-state index < -0.39 is 12.0 Å². The number of nitrogens with one attached hydrogen (secondary N) is 1. The zero-order valence-corrected chi connectivity index (χ0v) is 11.8. The quantitative estimate of drug-likeness (QED) is 0.867. The maximum absolute atomic E-state index is 12.1. The van der Waals surface area contributed by atoms with Crippen molar-refractivity contribution in [3.05, 3.63) is 34.9 Å². The van der Waals surface area contributed by atoms with Gasteiger partial charge in [-0.3, -0.25) is 14.5 Å². The lowest BCUT2D eigenvalue weighted by molar-refractivity contribution is -0.137. The van der Waals surface area contributed by atoms with Gasteiger partial charge >= 0.3 is 5.97 Å². The van der Waals surface area contributed by atoms with Gasteiger partial charge in [-0.05, 0) is 24.6 Å². The summed E-state index contributed by atoms with van der Waals surface area (Å²) in [6, 6.07) is 6.82. The number of carboxylic acid groups (broad SMARTS) is 1. The smallest absolute Gasteiger partial charge is 0.303 e. The molecule has 1 saturated heterocycles. The molecule has 1 amide bonds. The van der Waals surface area contributed by atoms with Crippen molar-refractivity contribution in [1.82, 2.24) is 10.2 Å². The fraction of sp³-hybridized carbons (Fsp3) is 0.429. The van der Waals surface area contributed by atoms with E-state index in [1.54, 1.807) is 6.07 Å². The number of carboxylic acids is 1. The largest absolute Gasteiger partial charge is 0.481 e. The predicted octanol–water partition coefficient (Wildman–Crippen LogP) is 1.68. The van der Waals surface area contributed by atoms with Gasteiger partial charge in [0.15, 0.2) is 0 Å². The summed E-state index contributed by atoms with van der Waals surface area (Å²) in [5.74, 6) is -0.902. The summed E-state index contributed by atoms with van der Waals surface area (Å²) in [5, 5.41) is 12.1. The Morgan fingerprint density at radius 3 is 2.90 bits per heavy atom. The number of halogens is 1. The molecule has 2 rings (SSSR count). The van der Waals surface area contributed by atoms with Crippen molar-refractivity contribution in [1.29, 1.82) is 0 Å². The lowest BCUT2D eigenvalue weighted by atomic mass is 10.0. The Labute approximate surface area is 122 Å². The fourth-order valence-electron chi connectivity index (χ4n) is 2.42. The molecule has 1 fully saturated rings. The number of carbonyl (C=O) groups is 2. The van der Waals surface area contributed by atoms with Gasteiger partial charge in [0.2, 0.25) is 5.91 Å². The molecule has 6 heteroatoms. The molecule has 0 aromatic heterocycles. The van der Waals surface area contributed by atoms with Crippen molar-refractivity contribution in [3.63, 3.8) is 0 Å². The normalized spacial score (nSPS) is 19.6. The third-order valence-electron chi connectivity index (χ3n) is 3.35. The van der Waals surface area contributed by atoms with Crippen LogP contribution in [0.15, 0.2) is 24.3 Å². The topological polar surface area (TPSA) is 69.6 Å². The van der Waals surface area contributed by atoms with E-state index >= 15 is 0 Å². The maximum Gasteiger partial charge on any atom is 0.303 e. The molecule has 1 atom stereocenters. The first-order valence-corrected chi connectivity index (χ1v) is 6.95. The van der Waals surface area contributed by atoms with Crippen molar-refractivity contribution in [3.8, 4) is 0 Å². The minimum absolute atomic E-state index is 0.0836. The molecule has 1 aliphatic heterocycles. The molecule has 20 heavy (non-hydrogen) atoms. The number of hydrogen-bond acceptors (Lipinski definition) is 3. The Morgan fingerprint density at radius 1 is 1.45 bits per heavy atom. The van der Waals surface area contributed by atoms with E-state index in [1.165, 1.54) is 0 Å². The molecule has 1 aliphatic rings. The average Bonchev–Trinajstić information content (AvgIpc) is 2.40. The van der Waals surface area contributed by atoms with Crippen LogP contribution in [0.2, 0.25) is 5.02 Å². The minimum atomic E-state index is -0.819. The van der Waals surface area contributed by atoms with Crippen molar-refractivity contribution >= 4 is 23.5 Å². The number of aliphatic carboxylic acids is 1. The van der Waals surface area contributed by atoms with Gasteiger partial charge in [0.1, 0.15) is 6.04 Å². The van der Waals surface area contributed by atoms with Crippen LogP contribution in [0.4, 0.5) is 0 Å². The second-order valence-electron chi connectivity index (χ2n) is 4.75. The number of rotatable bonds is 5. The summed E-state index contributed by atoms with van der Waals surface area (Å²) in [6.07, 6.45) is 0.622. The monoisotopic (exact) mass is 296 g/mol. The van der Waals surface area contributed by atoms with Crippen molar-refractivity contribution in [2.75, 3.05) is 19.6 Å². The molecule has 0 bridgehead atoms. The molecule has 2 N–H and O–H groups in total. The van der Waals surface area contributed by atoms with Crippen LogP contribution in [-0.4, -0.2) is 41.5 Å². The van der Waals surface area contributed by atoms with Crippen LogP contribution in [0.1, 0.15) is 24.4 Å². The van der Waals surface area contributed by atoms with Gasteiger partial charge in [-0.25, -0.2) is 0 Å². The second-order valence-corrected chi connectivity index (χ2v) is 5.16. The van der Waals surface area contributed by atoms with Crippen molar-refractivity contribution in [2.24, 2.45) is 0 Å². The minimum Gasteiger partial charge on any atom is -0.481 e. The lowest BCUT2D eigenvalue weighted by Gasteiger charge is -2.35. The van der Waals surface area contributed by atoms with E-state index in [2.05, 4.69) is 5.32 Å². The first-order valence-electron chi connectivity index (χ1n) is 6.57. The van der Waals surface area contributed by atoms with Gasteiger partial charge < -0.3 is 10.4 Å². The number of piperazine rings is 1. The number of hydrogen-bond donors (Lipinski definition) is 2. The van der Waals surface area contributed by atoms with Crippen molar-refractivity contribution < 1.29 is 14.7 Å². The molecule has 0 aliphatic carbocycles. The summed E-state index contributed by atoms with van der Waals surface area (Å²) in [6.45, 7) is 1.84. The highest BCUT2D eigenvalue weighted by Crippen LogP contribution is 2.29. The lowest BCUT2D eigenvalue weighted by Crippen LogP contribution is -2.50. The molecular weight excluding hydrogens is 280 g/mol. The van der Waals surface area contributed by atoms with Crippen molar-refractivity contribution in [2.45, 2.75) is 18.9 Å². The zero-order valence-electron chi connectivity index (χ0n) is 11.0.